The third-order valence-electron chi connectivity index (χ3n) is 2.78. The average Bonchev–Trinajstić information content (AvgIpc) is 2.38. The Kier molecular flexibility index (Phi) is 5.75. The van der Waals surface area contributed by atoms with Crippen LogP contribution in [0, 0.1) is 5.82 Å². The Morgan fingerprint density at radius 2 is 2.22 bits per heavy atom. The van der Waals surface area contributed by atoms with Crippen LogP contribution in [0.3, 0.4) is 0 Å². The Morgan fingerprint density at radius 3 is 2.72 bits per heavy atom. The molecular formula is C13H17BrFNO2. The van der Waals surface area contributed by atoms with Crippen molar-refractivity contribution in [2.75, 3.05) is 7.11 Å². The molecule has 0 aliphatic heterocycles. The summed E-state index contributed by atoms with van der Waals surface area (Å²) < 4.78 is 18.6. The Labute approximate surface area is 115 Å². The van der Waals surface area contributed by atoms with Gasteiger partial charge >= 0.3 is 5.97 Å². The van der Waals surface area contributed by atoms with E-state index in [1.54, 1.807) is 12.1 Å². The molecule has 0 heterocycles. The van der Waals surface area contributed by atoms with Crippen LogP contribution in [0.2, 0.25) is 0 Å². The molecule has 0 saturated carbocycles. The van der Waals surface area contributed by atoms with E-state index in [9.17, 15) is 9.18 Å². The summed E-state index contributed by atoms with van der Waals surface area (Å²) in [5.74, 6) is -0.815. The van der Waals surface area contributed by atoms with Crippen molar-refractivity contribution in [3.8, 4) is 0 Å². The summed E-state index contributed by atoms with van der Waals surface area (Å²) in [6.07, 6.45) is 0.868. The summed E-state index contributed by atoms with van der Waals surface area (Å²) in [5, 5.41) is 3.12. The minimum atomic E-state index is -0.646. The number of benzene rings is 1. The Balaban J connectivity index is 3.01. The first-order valence-electron chi connectivity index (χ1n) is 5.78. The summed E-state index contributed by atoms with van der Waals surface area (Å²) in [6, 6.07) is 4.11. The molecule has 0 aliphatic carbocycles. The van der Waals surface area contributed by atoms with Gasteiger partial charge in [0, 0.05) is 6.04 Å². The van der Waals surface area contributed by atoms with Crippen molar-refractivity contribution < 1.29 is 13.9 Å². The number of carbonyl (C=O) groups is 1. The minimum Gasteiger partial charge on any atom is -0.468 e. The van der Waals surface area contributed by atoms with Gasteiger partial charge in [0.15, 0.2) is 0 Å². The van der Waals surface area contributed by atoms with Gasteiger partial charge in [-0.1, -0.05) is 13.0 Å². The summed E-state index contributed by atoms with van der Waals surface area (Å²) in [7, 11) is 1.32. The fourth-order valence-corrected chi connectivity index (χ4v) is 1.76. The standard InChI is InChI=1S/C13H17BrFNO2/c1-4-8(2)16-12(13(17)18-3)9-5-6-10(14)11(15)7-9/h5-8,12,16H,4H2,1-3H3. The van der Waals surface area contributed by atoms with Crippen molar-refractivity contribution in [1.82, 2.24) is 5.32 Å². The molecule has 1 aromatic carbocycles. The van der Waals surface area contributed by atoms with Gasteiger partial charge < -0.3 is 4.74 Å². The molecular weight excluding hydrogens is 301 g/mol. The quantitative estimate of drug-likeness (QED) is 0.848. The maximum absolute atomic E-state index is 13.5. The van der Waals surface area contributed by atoms with Crippen LogP contribution in [0.25, 0.3) is 0 Å². The molecule has 2 unspecified atom stereocenters. The van der Waals surface area contributed by atoms with E-state index in [2.05, 4.69) is 21.2 Å². The average molecular weight is 318 g/mol. The first kappa shape index (κ1) is 15.1. The van der Waals surface area contributed by atoms with E-state index in [0.717, 1.165) is 6.42 Å². The van der Waals surface area contributed by atoms with Crippen LogP contribution in [-0.4, -0.2) is 19.1 Å². The van der Waals surface area contributed by atoms with Gasteiger partial charge in [0.25, 0.3) is 0 Å². The third kappa shape index (κ3) is 3.78. The van der Waals surface area contributed by atoms with Crippen molar-refractivity contribution in [2.45, 2.75) is 32.4 Å². The van der Waals surface area contributed by atoms with E-state index in [4.69, 9.17) is 4.74 Å². The molecule has 0 radical (unpaired) electrons. The maximum atomic E-state index is 13.5. The summed E-state index contributed by atoms with van der Waals surface area (Å²) in [6.45, 7) is 3.97. The molecule has 0 fully saturated rings. The Bertz CT molecular complexity index is 425. The Hall–Kier alpha value is -0.940. The number of nitrogens with one attached hydrogen (secondary N) is 1. The SMILES string of the molecule is CCC(C)NC(C(=O)OC)c1ccc(Br)c(F)c1. The second-order valence-electron chi connectivity index (χ2n) is 4.11. The van der Waals surface area contributed by atoms with Crippen molar-refractivity contribution in [3.63, 3.8) is 0 Å². The molecule has 1 N–H and O–H groups in total. The number of carbonyl (C=O) groups excluding carboxylic acids is 1. The van der Waals surface area contributed by atoms with Crippen LogP contribution in [0.4, 0.5) is 4.39 Å². The van der Waals surface area contributed by atoms with E-state index in [0.29, 0.717) is 10.0 Å². The highest BCUT2D eigenvalue weighted by atomic mass is 79.9. The molecule has 0 spiro atoms. The van der Waals surface area contributed by atoms with Gasteiger partial charge in [-0.15, -0.1) is 0 Å². The van der Waals surface area contributed by atoms with E-state index in [-0.39, 0.29) is 6.04 Å². The number of esters is 1. The van der Waals surface area contributed by atoms with E-state index in [1.807, 2.05) is 13.8 Å². The third-order valence-corrected chi connectivity index (χ3v) is 3.42. The fourth-order valence-electron chi connectivity index (χ4n) is 1.51. The van der Waals surface area contributed by atoms with Gasteiger partial charge in [0.1, 0.15) is 11.9 Å². The van der Waals surface area contributed by atoms with Gasteiger partial charge in [0.2, 0.25) is 0 Å². The lowest BCUT2D eigenvalue weighted by Gasteiger charge is -2.21. The van der Waals surface area contributed by atoms with Crippen LogP contribution in [0.1, 0.15) is 31.9 Å². The highest BCUT2D eigenvalue weighted by Gasteiger charge is 2.23. The fraction of sp³-hybridized carbons (Fsp3) is 0.462. The van der Waals surface area contributed by atoms with Gasteiger partial charge in [0.05, 0.1) is 11.6 Å². The predicted octanol–water partition coefficient (Wildman–Crippen LogP) is 3.19. The number of hydrogen-bond acceptors (Lipinski definition) is 3. The summed E-state index contributed by atoms with van der Waals surface area (Å²) in [5.41, 5.74) is 0.558. The van der Waals surface area contributed by atoms with Crippen molar-refractivity contribution in [1.29, 1.82) is 0 Å². The molecule has 0 aliphatic rings. The van der Waals surface area contributed by atoms with Crippen LogP contribution in [-0.2, 0) is 9.53 Å². The second-order valence-corrected chi connectivity index (χ2v) is 4.96. The van der Waals surface area contributed by atoms with Crippen molar-refractivity contribution in [2.24, 2.45) is 0 Å². The number of hydrogen-bond donors (Lipinski definition) is 1. The zero-order chi connectivity index (χ0) is 13.7. The predicted molar refractivity (Wildman–Crippen MR) is 71.7 cm³/mol. The second kappa shape index (κ2) is 6.85. The van der Waals surface area contributed by atoms with Crippen LogP contribution < -0.4 is 5.32 Å². The molecule has 0 amide bonds. The molecule has 1 rings (SSSR count). The monoisotopic (exact) mass is 317 g/mol. The lowest BCUT2D eigenvalue weighted by molar-refractivity contribution is -0.143. The van der Waals surface area contributed by atoms with E-state index in [1.165, 1.54) is 13.2 Å². The maximum Gasteiger partial charge on any atom is 0.327 e. The van der Waals surface area contributed by atoms with E-state index < -0.39 is 17.8 Å². The summed E-state index contributed by atoms with van der Waals surface area (Å²) in [4.78, 5) is 11.7. The molecule has 5 heteroatoms. The highest BCUT2D eigenvalue weighted by Crippen LogP contribution is 2.22. The van der Waals surface area contributed by atoms with Gasteiger partial charge in [-0.2, -0.15) is 0 Å². The first-order chi connectivity index (χ1) is 8.49. The molecule has 1 aromatic rings. The van der Waals surface area contributed by atoms with Gasteiger partial charge in [-0.05, 0) is 47.0 Å². The summed E-state index contributed by atoms with van der Waals surface area (Å²) >= 11 is 3.09. The number of ether oxygens (including phenoxy) is 1. The van der Waals surface area contributed by atoms with Crippen LogP contribution in [0.5, 0.6) is 0 Å². The van der Waals surface area contributed by atoms with Crippen LogP contribution >= 0.6 is 15.9 Å². The van der Waals surface area contributed by atoms with Crippen molar-refractivity contribution >= 4 is 21.9 Å². The zero-order valence-electron chi connectivity index (χ0n) is 10.7. The van der Waals surface area contributed by atoms with Crippen molar-refractivity contribution in [3.05, 3.63) is 34.1 Å². The van der Waals surface area contributed by atoms with E-state index >= 15 is 0 Å². The van der Waals surface area contributed by atoms with Gasteiger partial charge in [-0.3, -0.25) is 5.32 Å². The first-order valence-corrected chi connectivity index (χ1v) is 6.57. The normalized spacial score (nSPS) is 14.1. The number of methoxy groups -OCH3 is 1. The highest BCUT2D eigenvalue weighted by molar-refractivity contribution is 9.10. The van der Waals surface area contributed by atoms with Gasteiger partial charge in [-0.25, -0.2) is 9.18 Å². The molecule has 3 nitrogen and oxygen atoms in total. The topological polar surface area (TPSA) is 38.3 Å². The molecule has 2 atom stereocenters. The molecule has 0 bridgehead atoms. The zero-order valence-corrected chi connectivity index (χ0v) is 12.3. The largest absolute Gasteiger partial charge is 0.468 e. The smallest absolute Gasteiger partial charge is 0.327 e. The molecule has 100 valence electrons. The minimum absolute atomic E-state index is 0.140. The molecule has 18 heavy (non-hydrogen) atoms. The lowest BCUT2D eigenvalue weighted by Crippen LogP contribution is -2.35. The molecule has 0 saturated heterocycles. The number of rotatable bonds is 5. The number of halogens is 2. The Morgan fingerprint density at radius 1 is 1.56 bits per heavy atom. The lowest BCUT2D eigenvalue weighted by atomic mass is 10.1. The molecule has 0 aromatic heterocycles. The van der Waals surface area contributed by atoms with Crippen LogP contribution in [0.15, 0.2) is 22.7 Å².